The van der Waals surface area contributed by atoms with Crippen molar-refractivity contribution in [2.24, 2.45) is 0 Å². The Morgan fingerprint density at radius 3 is 2.44 bits per heavy atom. The van der Waals surface area contributed by atoms with E-state index in [2.05, 4.69) is 10.6 Å². The monoisotopic (exact) mass is 414 g/mol. The van der Waals surface area contributed by atoms with Crippen LogP contribution in [0.1, 0.15) is 32.6 Å². The summed E-state index contributed by atoms with van der Waals surface area (Å²) in [5, 5.41) is 6.98. The third-order valence-electron chi connectivity index (χ3n) is 5.22. The van der Waals surface area contributed by atoms with Crippen LogP contribution in [0, 0.1) is 0 Å². The quantitative estimate of drug-likeness (QED) is 0.755. The number of rotatable bonds is 5. The second-order valence-corrected chi connectivity index (χ2v) is 10.1. The van der Waals surface area contributed by atoms with Gasteiger partial charge >= 0.3 is 6.03 Å². The number of hydrogen-bond acceptors (Lipinski definition) is 6. The summed E-state index contributed by atoms with van der Waals surface area (Å²) in [6.45, 7) is 3.28. The molecule has 2 heterocycles. The summed E-state index contributed by atoms with van der Waals surface area (Å²) in [6.07, 6.45) is 4.12. The van der Waals surface area contributed by atoms with Crippen LogP contribution in [0.3, 0.4) is 0 Å². The van der Waals surface area contributed by atoms with Crippen molar-refractivity contribution in [3.05, 3.63) is 17.5 Å². The molecule has 1 saturated carbocycles. The lowest BCUT2D eigenvalue weighted by molar-refractivity contribution is -0.125. The van der Waals surface area contributed by atoms with Crippen LogP contribution in [0.15, 0.2) is 21.7 Å². The average Bonchev–Trinajstić information content (AvgIpc) is 3.35. The Kier molecular flexibility index (Phi) is 6.51. The standard InChI is InChI=1S/C17H26N4O4S2/c1-13(16(22)19-17(23)18-14-5-2-3-6-14)20-8-10-21(11-9-20)27(24,25)15-7-4-12-26-15/h4,7,12-14H,2-3,5-6,8-11H2,1H3,(H2,18,19,22,23)/t13-/m0/s1. The van der Waals surface area contributed by atoms with E-state index >= 15 is 0 Å². The van der Waals surface area contributed by atoms with E-state index in [-0.39, 0.29) is 11.9 Å². The highest BCUT2D eigenvalue weighted by Gasteiger charge is 2.32. The van der Waals surface area contributed by atoms with Gasteiger partial charge in [-0.05, 0) is 31.2 Å². The van der Waals surface area contributed by atoms with Crippen LogP contribution < -0.4 is 10.6 Å². The van der Waals surface area contributed by atoms with Gasteiger partial charge in [-0.2, -0.15) is 4.31 Å². The maximum atomic E-state index is 12.6. The van der Waals surface area contributed by atoms with Crippen molar-refractivity contribution in [3.8, 4) is 0 Å². The number of sulfonamides is 1. The zero-order valence-electron chi connectivity index (χ0n) is 15.4. The molecule has 2 aliphatic rings. The first-order chi connectivity index (χ1) is 12.9. The Morgan fingerprint density at radius 2 is 1.85 bits per heavy atom. The second kappa shape index (κ2) is 8.68. The van der Waals surface area contributed by atoms with Crippen molar-refractivity contribution >= 4 is 33.3 Å². The van der Waals surface area contributed by atoms with E-state index in [1.165, 1.54) is 15.6 Å². The summed E-state index contributed by atoms with van der Waals surface area (Å²) in [4.78, 5) is 26.2. The maximum Gasteiger partial charge on any atom is 0.321 e. The van der Waals surface area contributed by atoms with E-state index in [0.717, 1.165) is 25.7 Å². The summed E-state index contributed by atoms with van der Waals surface area (Å²) in [5.74, 6) is -0.361. The largest absolute Gasteiger partial charge is 0.335 e. The predicted octanol–water partition coefficient (Wildman–Crippen LogP) is 1.21. The van der Waals surface area contributed by atoms with Crippen molar-refractivity contribution in [1.82, 2.24) is 19.8 Å². The van der Waals surface area contributed by atoms with Crippen LogP contribution >= 0.6 is 11.3 Å². The topological polar surface area (TPSA) is 98.8 Å². The molecule has 1 saturated heterocycles. The van der Waals surface area contributed by atoms with Crippen LogP contribution in [-0.2, 0) is 14.8 Å². The minimum Gasteiger partial charge on any atom is -0.335 e. The van der Waals surface area contributed by atoms with E-state index in [1.54, 1.807) is 24.4 Å². The highest BCUT2D eigenvalue weighted by Crippen LogP contribution is 2.22. The van der Waals surface area contributed by atoms with Crippen LogP contribution in [-0.4, -0.2) is 67.8 Å². The van der Waals surface area contributed by atoms with Crippen molar-refractivity contribution in [2.75, 3.05) is 26.2 Å². The predicted molar refractivity (Wildman–Crippen MR) is 103 cm³/mol. The van der Waals surface area contributed by atoms with E-state index < -0.39 is 22.1 Å². The molecule has 8 nitrogen and oxygen atoms in total. The molecule has 1 atom stereocenters. The van der Waals surface area contributed by atoms with E-state index in [4.69, 9.17) is 0 Å². The summed E-state index contributed by atoms with van der Waals surface area (Å²) < 4.78 is 26.9. The molecule has 0 spiro atoms. The van der Waals surface area contributed by atoms with Crippen LogP contribution in [0.25, 0.3) is 0 Å². The van der Waals surface area contributed by atoms with Gasteiger partial charge < -0.3 is 5.32 Å². The lowest BCUT2D eigenvalue weighted by Gasteiger charge is -2.36. The summed E-state index contributed by atoms with van der Waals surface area (Å²) in [7, 11) is -3.46. The molecular formula is C17H26N4O4S2. The first-order valence-corrected chi connectivity index (χ1v) is 11.6. The van der Waals surface area contributed by atoms with Gasteiger partial charge in [-0.3, -0.25) is 15.0 Å². The molecule has 0 bridgehead atoms. The summed E-state index contributed by atoms with van der Waals surface area (Å²) in [5.41, 5.74) is 0. The fourth-order valence-corrected chi connectivity index (χ4v) is 6.11. The Bertz CT molecular complexity index is 752. The molecule has 0 radical (unpaired) electrons. The van der Waals surface area contributed by atoms with Gasteiger partial charge in [-0.25, -0.2) is 13.2 Å². The minimum atomic E-state index is -3.46. The molecular weight excluding hydrogens is 388 g/mol. The molecule has 0 unspecified atom stereocenters. The number of urea groups is 1. The molecule has 1 aliphatic carbocycles. The van der Waals surface area contributed by atoms with Gasteiger partial charge in [0, 0.05) is 32.2 Å². The zero-order valence-corrected chi connectivity index (χ0v) is 17.0. The van der Waals surface area contributed by atoms with E-state index in [1.807, 2.05) is 4.90 Å². The SMILES string of the molecule is C[C@@H](C(=O)NC(=O)NC1CCCC1)N1CCN(S(=O)(=O)c2cccs2)CC1. The fourth-order valence-electron chi connectivity index (χ4n) is 3.54. The number of hydrogen-bond donors (Lipinski definition) is 2. The Balaban J connectivity index is 1.48. The smallest absolute Gasteiger partial charge is 0.321 e. The molecule has 0 aromatic carbocycles. The van der Waals surface area contributed by atoms with Crippen LogP contribution in [0.2, 0.25) is 0 Å². The first kappa shape index (κ1) is 20.2. The van der Waals surface area contributed by atoms with Gasteiger partial charge in [-0.1, -0.05) is 18.9 Å². The highest BCUT2D eigenvalue weighted by molar-refractivity contribution is 7.91. The lowest BCUT2D eigenvalue weighted by Crippen LogP contribution is -2.56. The van der Waals surface area contributed by atoms with Crippen molar-refractivity contribution in [3.63, 3.8) is 0 Å². The van der Waals surface area contributed by atoms with Gasteiger partial charge in [0.1, 0.15) is 4.21 Å². The molecule has 1 aliphatic heterocycles. The van der Waals surface area contributed by atoms with Gasteiger partial charge in [0.15, 0.2) is 0 Å². The summed E-state index contributed by atoms with van der Waals surface area (Å²) >= 11 is 1.20. The Morgan fingerprint density at radius 1 is 1.19 bits per heavy atom. The lowest BCUT2D eigenvalue weighted by atomic mass is 10.2. The summed E-state index contributed by atoms with van der Waals surface area (Å²) in [6, 6.07) is 2.53. The number of thiophene rings is 1. The zero-order chi connectivity index (χ0) is 19.4. The number of imide groups is 1. The highest BCUT2D eigenvalue weighted by atomic mass is 32.2. The molecule has 1 aromatic heterocycles. The van der Waals surface area contributed by atoms with E-state index in [9.17, 15) is 18.0 Å². The normalized spacial score (nSPS) is 21.1. The number of carbonyl (C=O) groups is 2. The Labute approximate surface area is 164 Å². The molecule has 1 aromatic rings. The van der Waals surface area contributed by atoms with Gasteiger partial charge in [0.2, 0.25) is 5.91 Å². The van der Waals surface area contributed by atoms with Gasteiger partial charge in [-0.15, -0.1) is 11.3 Å². The van der Waals surface area contributed by atoms with Gasteiger partial charge in [0.25, 0.3) is 10.0 Å². The number of nitrogens with one attached hydrogen (secondary N) is 2. The third-order valence-corrected chi connectivity index (χ3v) is 8.49. The van der Waals surface area contributed by atoms with Gasteiger partial charge in [0.05, 0.1) is 6.04 Å². The molecule has 150 valence electrons. The van der Waals surface area contributed by atoms with Crippen molar-refractivity contribution in [1.29, 1.82) is 0 Å². The average molecular weight is 415 g/mol. The number of carbonyl (C=O) groups excluding carboxylic acids is 2. The van der Waals surface area contributed by atoms with E-state index in [0.29, 0.717) is 30.4 Å². The fraction of sp³-hybridized carbons (Fsp3) is 0.647. The Hall–Kier alpha value is -1.49. The molecule has 3 amide bonds. The molecule has 3 rings (SSSR count). The number of amides is 3. The molecule has 27 heavy (non-hydrogen) atoms. The van der Waals surface area contributed by atoms with Crippen LogP contribution in [0.5, 0.6) is 0 Å². The molecule has 2 fully saturated rings. The first-order valence-electron chi connectivity index (χ1n) is 9.27. The van der Waals surface area contributed by atoms with Crippen molar-refractivity contribution < 1.29 is 18.0 Å². The maximum absolute atomic E-state index is 12.6. The molecule has 2 N–H and O–H groups in total. The second-order valence-electron chi connectivity index (χ2n) is 6.99. The number of nitrogens with zero attached hydrogens (tertiary/aromatic N) is 2. The molecule has 10 heteroatoms. The number of piperazine rings is 1. The third kappa shape index (κ3) is 4.87. The minimum absolute atomic E-state index is 0.152. The van der Waals surface area contributed by atoms with Crippen molar-refractivity contribution in [2.45, 2.75) is 48.9 Å². The van der Waals surface area contributed by atoms with Crippen LogP contribution in [0.4, 0.5) is 4.79 Å².